The zero-order valence-electron chi connectivity index (χ0n) is 10.5. The van der Waals surface area contributed by atoms with Crippen LogP contribution in [0.4, 0.5) is 4.79 Å². The predicted octanol–water partition coefficient (Wildman–Crippen LogP) is -0.169. The van der Waals surface area contributed by atoms with Gasteiger partial charge in [0.25, 0.3) is 0 Å². The average Bonchev–Trinajstić information content (AvgIpc) is 2.96. The Morgan fingerprint density at radius 2 is 2.05 bits per heavy atom. The van der Waals surface area contributed by atoms with Gasteiger partial charge in [0, 0.05) is 0 Å². The van der Waals surface area contributed by atoms with Gasteiger partial charge in [-0.1, -0.05) is 30.3 Å². The smallest absolute Gasteiger partial charge is 0.313 e. The monoisotopic (exact) mass is 274 g/mol. The van der Waals surface area contributed by atoms with Gasteiger partial charge in [-0.25, -0.2) is 9.78 Å². The van der Waals surface area contributed by atoms with Crippen molar-refractivity contribution in [3.8, 4) is 0 Å². The molecular formula is C12H14N6O2. The Morgan fingerprint density at radius 1 is 1.30 bits per heavy atom. The normalized spacial score (nSPS) is 11.6. The minimum absolute atomic E-state index is 0.183. The van der Waals surface area contributed by atoms with Crippen molar-refractivity contribution in [2.24, 2.45) is 5.73 Å². The van der Waals surface area contributed by atoms with Crippen LogP contribution in [-0.4, -0.2) is 27.1 Å². The number of H-pyrrole nitrogens is 1. The van der Waals surface area contributed by atoms with Crippen LogP contribution in [0.15, 0.2) is 36.7 Å². The molecule has 8 nitrogen and oxygen atoms in total. The third-order valence-corrected chi connectivity index (χ3v) is 2.58. The fourth-order valence-corrected chi connectivity index (χ4v) is 1.68. The lowest BCUT2D eigenvalue weighted by atomic mass is 10.1. The molecule has 104 valence electrons. The van der Waals surface area contributed by atoms with E-state index in [0.29, 0.717) is 11.4 Å². The molecular weight excluding hydrogens is 260 g/mol. The average molecular weight is 274 g/mol. The Bertz CT molecular complexity index is 569. The molecule has 5 N–H and O–H groups in total. The number of carbonyl (C=O) groups excluding carboxylic acids is 2. The first kappa shape index (κ1) is 13.5. The second-order valence-corrected chi connectivity index (χ2v) is 4.00. The van der Waals surface area contributed by atoms with Gasteiger partial charge in [-0.2, -0.15) is 5.10 Å². The topological polar surface area (TPSA) is 126 Å². The molecule has 1 aromatic carbocycles. The highest BCUT2D eigenvalue weighted by atomic mass is 16.2. The van der Waals surface area contributed by atoms with Gasteiger partial charge in [0.2, 0.25) is 5.91 Å². The van der Waals surface area contributed by atoms with Gasteiger partial charge in [0.15, 0.2) is 0 Å². The molecule has 1 aromatic heterocycles. The lowest BCUT2D eigenvalue weighted by molar-refractivity contribution is -0.123. The second-order valence-electron chi connectivity index (χ2n) is 4.00. The molecule has 0 aliphatic rings. The summed E-state index contributed by atoms with van der Waals surface area (Å²) in [5, 5.41) is 11.4. The molecule has 3 amide bonds. The third-order valence-electron chi connectivity index (χ3n) is 2.58. The highest BCUT2D eigenvalue weighted by Crippen LogP contribution is 2.12. The van der Waals surface area contributed by atoms with E-state index < -0.39 is 12.1 Å². The van der Waals surface area contributed by atoms with Crippen LogP contribution in [0.3, 0.4) is 0 Å². The van der Waals surface area contributed by atoms with Gasteiger partial charge in [-0.05, 0) is 5.56 Å². The number of hydrogen-bond acceptors (Lipinski definition) is 4. The number of nitrogens with zero attached hydrogens (tertiary/aromatic N) is 2. The molecule has 0 fully saturated rings. The number of nitrogens with two attached hydrogens (primary N) is 1. The molecule has 2 aromatic rings. The van der Waals surface area contributed by atoms with Gasteiger partial charge in [0.05, 0.1) is 6.54 Å². The summed E-state index contributed by atoms with van der Waals surface area (Å²) in [6.45, 7) is 0.183. The molecule has 0 spiro atoms. The number of urea groups is 1. The van der Waals surface area contributed by atoms with Crippen molar-refractivity contribution in [1.82, 2.24) is 25.8 Å². The zero-order chi connectivity index (χ0) is 14.4. The Kier molecular flexibility index (Phi) is 4.28. The first-order valence-corrected chi connectivity index (χ1v) is 5.89. The Hall–Kier alpha value is -2.90. The maximum Gasteiger partial charge on any atom is 0.313 e. The van der Waals surface area contributed by atoms with Crippen molar-refractivity contribution >= 4 is 11.9 Å². The molecule has 1 atom stereocenters. The predicted molar refractivity (Wildman–Crippen MR) is 70.1 cm³/mol. The Labute approximate surface area is 114 Å². The third kappa shape index (κ3) is 3.55. The van der Waals surface area contributed by atoms with Crippen LogP contribution in [0.1, 0.15) is 17.4 Å². The van der Waals surface area contributed by atoms with Crippen LogP contribution in [0.25, 0.3) is 0 Å². The lowest BCUT2D eigenvalue weighted by Crippen LogP contribution is -2.42. The number of amides is 3. The van der Waals surface area contributed by atoms with E-state index in [-0.39, 0.29) is 12.5 Å². The van der Waals surface area contributed by atoms with E-state index >= 15 is 0 Å². The summed E-state index contributed by atoms with van der Waals surface area (Å²) in [5.74, 6) is 0.135. The zero-order valence-corrected chi connectivity index (χ0v) is 10.5. The van der Waals surface area contributed by atoms with Crippen molar-refractivity contribution in [3.05, 3.63) is 48.0 Å². The summed E-state index contributed by atoms with van der Waals surface area (Å²) in [4.78, 5) is 27.0. The second kappa shape index (κ2) is 6.32. The summed E-state index contributed by atoms with van der Waals surface area (Å²) in [6, 6.07) is 7.20. The van der Waals surface area contributed by atoms with Gasteiger partial charge in [0.1, 0.15) is 18.2 Å². The Morgan fingerprint density at radius 3 is 2.65 bits per heavy atom. The molecule has 1 heterocycles. The molecule has 2 rings (SSSR count). The van der Waals surface area contributed by atoms with Crippen molar-refractivity contribution in [2.45, 2.75) is 12.6 Å². The van der Waals surface area contributed by atoms with E-state index in [2.05, 4.69) is 25.8 Å². The molecule has 0 radical (unpaired) electrons. The SMILES string of the molecule is NC(=O)NC(C(=O)NCc1ncn[nH]1)c1ccccc1. The fourth-order valence-electron chi connectivity index (χ4n) is 1.68. The summed E-state index contributed by atoms with van der Waals surface area (Å²) in [7, 11) is 0. The van der Waals surface area contributed by atoms with Crippen LogP contribution in [0.2, 0.25) is 0 Å². The molecule has 1 unspecified atom stereocenters. The number of nitrogens with one attached hydrogen (secondary N) is 3. The summed E-state index contributed by atoms with van der Waals surface area (Å²) >= 11 is 0. The van der Waals surface area contributed by atoms with Gasteiger partial charge < -0.3 is 16.4 Å². The molecule has 20 heavy (non-hydrogen) atoms. The number of carbonyl (C=O) groups is 2. The van der Waals surface area contributed by atoms with E-state index in [4.69, 9.17) is 5.73 Å². The van der Waals surface area contributed by atoms with E-state index in [1.807, 2.05) is 6.07 Å². The summed E-state index contributed by atoms with van der Waals surface area (Å²) < 4.78 is 0. The van der Waals surface area contributed by atoms with Crippen molar-refractivity contribution in [3.63, 3.8) is 0 Å². The van der Waals surface area contributed by atoms with E-state index in [1.165, 1.54) is 6.33 Å². The molecule has 0 bridgehead atoms. The Balaban J connectivity index is 2.06. The van der Waals surface area contributed by atoms with E-state index in [0.717, 1.165) is 0 Å². The minimum atomic E-state index is -0.850. The maximum atomic E-state index is 12.1. The number of hydrogen-bond donors (Lipinski definition) is 4. The van der Waals surface area contributed by atoms with E-state index in [9.17, 15) is 9.59 Å². The molecule has 8 heteroatoms. The number of aromatic nitrogens is 3. The minimum Gasteiger partial charge on any atom is -0.352 e. The van der Waals surface area contributed by atoms with Gasteiger partial charge >= 0.3 is 6.03 Å². The van der Waals surface area contributed by atoms with Crippen molar-refractivity contribution in [2.75, 3.05) is 0 Å². The molecule has 0 aliphatic heterocycles. The highest BCUT2D eigenvalue weighted by molar-refractivity contribution is 5.87. The first-order chi connectivity index (χ1) is 9.66. The number of aromatic amines is 1. The van der Waals surface area contributed by atoms with Crippen LogP contribution in [0, 0.1) is 0 Å². The van der Waals surface area contributed by atoms with Gasteiger partial charge in [-0.15, -0.1) is 0 Å². The largest absolute Gasteiger partial charge is 0.352 e. The van der Waals surface area contributed by atoms with Crippen LogP contribution < -0.4 is 16.4 Å². The van der Waals surface area contributed by atoms with Crippen molar-refractivity contribution in [1.29, 1.82) is 0 Å². The quantitative estimate of drug-likeness (QED) is 0.603. The van der Waals surface area contributed by atoms with Gasteiger partial charge in [-0.3, -0.25) is 9.89 Å². The standard InChI is InChI=1S/C12H14N6O2/c13-12(20)17-10(8-4-2-1-3-5-8)11(19)14-6-9-15-7-16-18-9/h1-5,7,10H,6H2,(H,14,19)(H3,13,17,20)(H,15,16,18). The summed E-state index contributed by atoms with van der Waals surface area (Å²) in [5.41, 5.74) is 5.74. The molecule has 0 saturated heterocycles. The van der Waals surface area contributed by atoms with Crippen LogP contribution in [-0.2, 0) is 11.3 Å². The number of rotatable bonds is 5. The van der Waals surface area contributed by atoms with Crippen molar-refractivity contribution < 1.29 is 9.59 Å². The molecule has 0 aliphatic carbocycles. The van der Waals surface area contributed by atoms with Crippen LogP contribution in [0.5, 0.6) is 0 Å². The highest BCUT2D eigenvalue weighted by Gasteiger charge is 2.21. The number of primary amides is 1. The maximum absolute atomic E-state index is 12.1. The fraction of sp³-hybridized carbons (Fsp3) is 0.167. The lowest BCUT2D eigenvalue weighted by Gasteiger charge is -2.17. The summed E-state index contributed by atoms with van der Waals surface area (Å²) in [6.07, 6.45) is 1.35. The number of benzene rings is 1. The first-order valence-electron chi connectivity index (χ1n) is 5.89. The van der Waals surface area contributed by atoms with Crippen LogP contribution >= 0.6 is 0 Å². The van der Waals surface area contributed by atoms with E-state index in [1.54, 1.807) is 24.3 Å². The molecule has 0 saturated carbocycles.